The molecular weight excluding hydrogens is 375 g/mol. The van der Waals surface area contributed by atoms with E-state index < -0.39 is 0 Å². The Morgan fingerprint density at radius 3 is 1.88 bits per heavy atom. The largest absolute Gasteiger partial charge is 0.507 e. The predicted octanol–water partition coefficient (Wildman–Crippen LogP) is 2.97. The highest BCUT2D eigenvalue weighted by Crippen LogP contribution is 2.56. The lowest BCUT2D eigenvalue weighted by Crippen LogP contribution is -2.61. The first-order valence-corrected chi connectivity index (χ1v) is 8.57. The van der Waals surface area contributed by atoms with Crippen LogP contribution in [0, 0.1) is 20.8 Å². The van der Waals surface area contributed by atoms with Gasteiger partial charge in [-0.15, -0.1) is 24.8 Å². The van der Waals surface area contributed by atoms with Gasteiger partial charge in [0.2, 0.25) is 0 Å². The highest BCUT2D eigenvalue weighted by molar-refractivity contribution is 5.85. The van der Waals surface area contributed by atoms with Gasteiger partial charge in [-0.05, 0) is 65.3 Å². The summed E-state index contributed by atoms with van der Waals surface area (Å²) in [6.45, 7) is 16.9. The third-order valence-corrected chi connectivity index (χ3v) is 6.37. The number of halogens is 2. The molecule has 3 N–H and O–H groups in total. The quantitative estimate of drug-likeness (QED) is 0.775. The topological polar surface area (TPSA) is 67.4 Å². The van der Waals surface area contributed by atoms with Gasteiger partial charge in [0.05, 0.1) is 5.54 Å². The summed E-state index contributed by atoms with van der Waals surface area (Å²) < 4.78 is 6.47. The Hall–Kier alpha value is -0.720. The van der Waals surface area contributed by atoms with Crippen LogP contribution in [0.4, 0.5) is 0 Å². The first-order valence-electron chi connectivity index (χ1n) is 8.57. The highest BCUT2D eigenvalue weighted by atomic mass is 35.5. The molecule has 2 aliphatic rings. The predicted molar refractivity (Wildman–Crippen MR) is 112 cm³/mol. The van der Waals surface area contributed by atoms with Crippen molar-refractivity contribution in [3.63, 3.8) is 0 Å². The Morgan fingerprint density at radius 1 is 0.885 bits per heavy atom. The van der Waals surface area contributed by atoms with Gasteiger partial charge in [-0.2, -0.15) is 0 Å². The Kier molecular flexibility index (Phi) is 7.89. The van der Waals surface area contributed by atoms with Gasteiger partial charge in [0, 0.05) is 31.7 Å². The van der Waals surface area contributed by atoms with Gasteiger partial charge in [-0.1, -0.05) is 0 Å². The van der Waals surface area contributed by atoms with Crippen LogP contribution in [0.5, 0.6) is 11.5 Å². The number of aromatic hydroxyl groups is 1. The summed E-state index contributed by atoms with van der Waals surface area (Å²) in [5.74, 6) is 1.40. The second kappa shape index (κ2) is 8.11. The molecule has 0 amide bonds. The van der Waals surface area contributed by atoms with Crippen molar-refractivity contribution in [3.05, 3.63) is 22.3 Å². The molecule has 0 aromatic heterocycles. The van der Waals surface area contributed by atoms with Crippen LogP contribution in [0.3, 0.4) is 0 Å². The van der Waals surface area contributed by atoms with Crippen molar-refractivity contribution in [2.75, 3.05) is 33.2 Å². The lowest BCUT2D eigenvalue weighted by molar-refractivity contribution is -0.0580. The number of nitrogens with zero attached hydrogens (tertiary/aromatic N) is 2. The number of phenols is 1. The molecule has 5 nitrogen and oxygen atoms in total. The van der Waals surface area contributed by atoms with Crippen LogP contribution in [-0.2, 0) is 5.54 Å². The molecule has 26 heavy (non-hydrogen) atoms. The molecule has 1 unspecified atom stereocenters. The second-order valence-corrected chi connectivity index (χ2v) is 7.90. The molecule has 1 aromatic rings. The van der Waals surface area contributed by atoms with Gasteiger partial charge in [0.15, 0.2) is 0 Å². The summed E-state index contributed by atoms with van der Waals surface area (Å²) in [6, 6.07) is 0. The van der Waals surface area contributed by atoms with Crippen LogP contribution >= 0.6 is 24.8 Å². The average molecular weight is 409 g/mol. The first kappa shape index (κ1) is 25.3. The monoisotopic (exact) mass is 408 g/mol. The molecule has 0 aliphatic carbocycles. The zero-order chi connectivity index (χ0) is 17.2. The smallest absolute Gasteiger partial charge is 0.129 e. The fourth-order valence-electron chi connectivity index (χ4n) is 4.27. The van der Waals surface area contributed by atoms with Crippen LogP contribution in [0.2, 0.25) is 0 Å². The van der Waals surface area contributed by atoms with E-state index in [9.17, 15) is 5.11 Å². The van der Waals surface area contributed by atoms with Crippen molar-refractivity contribution in [1.29, 1.82) is 0 Å². The maximum absolute atomic E-state index is 10.6. The highest BCUT2D eigenvalue weighted by Gasteiger charge is 2.56. The molecule has 7 heteroatoms. The Bertz CT molecular complexity index is 659. The summed E-state index contributed by atoms with van der Waals surface area (Å²) in [7, 11) is 2.18. The van der Waals surface area contributed by atoms with E-state index in [1.165, 1.54) is 5.56 Å². The lowest BCUT2D eigenvalue weighted by atomic mass is 9.75. The number of rotatable bonds is 1. The number of phenolic OH excluding ortho intramolecular Hbond substituents is 1. The molecule has 0 saturated carbocycles. The molecule has 3 rings (SSSR count). The molecule has 1 saturated heterocycles. The standard InChI is InChI=1S/C19H30N2O2.2ClH.H2O/c1-12-13(2)17-15(14(3)16(12)22)19(6,18(4,5)23-17)21-10-8-20(7)9-11-21;;;/h22H,8-11H2,1-7H3;2*1H;1H2. The zero-order valence-electron chi connectivity index (χ0n) is 16.9. The van der Waals surface area contributed by atoms with E-state index in [2.05, 4.69) is 44.5 Å². The van der Waals surface area contributed by atoms with Crippen LogP contribution in [0.1, 0.15) is 43.0 Å². The molecule has 1 atom stereocenters. The van der Waals surface area contributed by atoms with E-state index >= 15 is 0 Å². The second-order valence-electron chi connectivity index (χ2n) is 7.90. The normalized spacial score (nSPS) is 24.6. The molecule has 2 heterocycles. The molecule has 0 radical (unpaired) electrons. The van der Waals surface area contributed by atoms with Gasteiger partial charge in [-0.3, -0.25) is 4.90 Å². The van der Waals surface area contributed by atoms with Crippen molar-refractivity contribution in [2.24, 2.45) is 0 Å². The molecule has 0 spiro atoms. The summed E-state index contributed by atoms with van der Waals surface area (Å²) in [5.41, 5.74) is 3.57. The Balaban J connectivity index is 0.00000208. The van der Waals surface area contributed by atoms with Crippen molar-refractivity contribution in [3.8, 4) is 11.5 Å². The minimum absolute atomic E-state index is 0. The Labute approximate surface area is 169 Å². The van der Waals surface area contributed by atoms with Crippen LogP contribution < -0.4 is 4.74 Å². The average Bonchev–Trinajstić information content (AvgIpc) is 2.72. The maximum atomic E-state index is 10.6. The Morgan fingerprint density at radius 2 is 1.38 bits per heavy atom. The van der Waals surface area contributed by atoms with Gasteiger partial charge in [0.1, 0.15) is 17.1 Å². The van der Waals surface area contributed by atoms with E-state index in [0.717, 1.165) is 48.6 Å². The molecule has 0 bridgehead atoms. The molecular formula is C19H34Cl2N2O3. The summed E-state index contributed by atoms with van der Waals surface area (Å²) in [5, 5.41) is 10.6. The number of benzene rings is 1. The number of hydrogen-bond acceptors (Lipinski definition) is 4. The SMILES string of the molecule is Cc1c(C)c2c(c(C)c1O)C(C)(N1CCN(C)CC1)C(C)(C)O2.Cl.Cl.O. The van der Waals surface area contributed by atoms with E-state index in [0.29, 0.717) is 5.75 Å². The summed E-state index contributed by atoms with van der Waals surface area (Å²) in [4.78, 5) is 4.91. The van der Waals surface area contributed by atoms with Gasteiger partial charge >= 0.3 is 0 Å². The van der Waals surface area contributed by atoms with Crippen molar-refractivity contribution in [1.82, 2.24) is 9.80 Å². The number of fused-ring (bicyclic) bond motifs is 1. The molecule has 1 aromatic carbocycles. The fourth-order valence-corrected chi connectivity index (χ4v) is 4.27. The van der Waals surface area contributed by atoms with E-state index in [1.54, 1.807) is 0 Å². The first-order chi connectivity index (χ1) is 10.6. The van der Waals surface area contributed by atoms with Crippen molar-refractivity contribution >= 4 is 24.8 Å². The van der Waals surface area contributed by atoms with Crippen molar-refractivity contribution in [2.45, 2.75) is 52.7 Å². The molecule has 1 fully saturated rings. The van der Waals surface area contributed by atoms with Gasteiger partial charge < -0.3 is 20.2 Å². The molecule has 152 valence electrons. The van der Waals surface area contributed by atoms with Crippen molar-refractivity contribution < 1.29 is 15.3 Å². The van der Waals surface area contributed by atoms with Gasteiger partial charge in [-0.25, -0.2) is 0 Å². The number of hydrogen-bond donors (Lipinski definition) is 1. The van der Waals surface area contributed by atoms with E-state index in [4.69, 9.17) is 4.74 Å². The minimum atomic E-state index is -0.332. The van der Waals surface area contributed by atoms with Gasteiger partial charge in [0.25, 0.3) is 0 Å². The number of piperazine rings is 1. The summed E-state index contributed by atoms with van der Waals surface area (Å²) in [6.07, 6.45) is 0. The lowest BCUT2D eigenvalue weighted by Gasteiger charge is -2.49. The third-order valence-electron chi connectivity index (χ3n) is 6.37. The maximum Gasteiger partial charge on any atom is 0.129 e. The zero-order valence-corrected chi connectivity index (χ0v) is 18.5. The minimum Gasteiger partial charge on any atom is -0.507 e. The van der Waals surface area contributed by atoms with Crippen LogP contribution in [-0.4, -0.2) is 59.2 Å². The van der Waals surface area contributed by atoms with Crippen LogP contribution in [0.15, 0.2) is 0 Å². The number of likely N-dealkylation sites (N-methyl/N-ethyl adjacent to an activating group) is 1. The molecule has 2 aliphatic heterocycles. The fraction of sp³-hybridized carbons (Fsp3) is 0.684. The summed E-state index contributed by atoms with van der Waals surface area (Å²) >= 11 is 0. The van der Waals surface area contributed by atoms with E-state index in [-0.39, 0.29) is 41.4 Å². The van der Waals surface area contributed by atoms with E-state index in [1.807, 2.05) is 13.8 Å². The number of ether oxygens (including phenoxy) is 1. The van der Waals surface area contributed by atoms with Crippen LogP contribution in [0.25, 0.3) is 0 Å². The third kappa shape index (κ3) is 3.29.